The van der Waals surface area contributed by atoms with E-state index in [0.717, 1.165) is 32.1 Å². The van der Waals surface area contributed by atoms with E-state index in [2.05, 4.69) is 43.5 Å². The summed E-state index contributed by atoms with van der Waals surface area (Å²) in [5.74, 6) is -0.0726. The van der Waals surface area contributed by atoms with E-state index in [1.807, 2.05) is 6.08 Å². The van der Waals surface area contributed by atoms with E-state index in [1.165, 1.54) is 205 Å². The van der Waals surface area contributed by atoms with Gasteiger partial charge in [0.15, 0.2) is 0 Å². The smallest absolute Gasteiger partial charge is 0.220 e. The van der Waals surface area contributed by atoms with E-state index < -0.39 is 12.1 Å². The van der Waals surface area contributed by atoms with Crippen LogP contribution in [-0.4, -0.2) is 34.9 Å². The molecule has 3 N–H and O–H groups in total. The lowest BCUT2D eigenvalue weighted by molar-refractivity contribution is -0.123. The van der Waals surface area contributed by atoms with E-state index >= 15 is 0 Å². The summed E-state index contributed by atoms with van der Waals surface area (Å²) in [4.78, 5) is 12.2. The summed E-state index contributed by atoms with van der Waals surface area (Å²) in [6, 6.07) is -0.614. The molecule has 0 rings (SSSR count). The molecule has 0 radical (unpaired) electrons. The lowest BCUT2D eigenvalue weighted by atomic mass is 10.0. The van der Waals surface area contributed by atoms with Gasteiger partial charge in [-0.05, 0) is 44.9 Å². The van der Waals surface area contributed by atoms with Gasteiger partial charge in [-0.2, -0.15) is 0 Å². The zero-order chi connectivity index (χ0) is 39.3. The van der Waals surface area contributed by atoms with Crippen molar-refractivity contribution >= 4 is 5.91 Å². The fraction of sp³-hybridized carbons (Fsp3) is 0.860. The van der Waals surface area contributed by atoms with Crippen molar-refractivity contribution in [3.05, 3.63) is 36.5 Å². The largest absolute Gasteiger partial charge is 0.394 e. The molecule has 0 aliphatic rings. The third-order valence-electron chi connectivity index (χ3n) is 11.1. The molecule has 0 aromatic rings. The molecule has 0 aromatic heterocycles. The van der Waals surface area contributed by atoms with E-state index in [9.17, 15) is 15.0 Å². The van der Waals surface area contributed by atoms with Crippen molar-refractivity contribution in [2.45, 2.75) is 270 Å². The predicted molar refractivity (Wildman–Crippen MR) is 239 cm³/mol. The average molecular weight is 758 g/mol. The Morgan fingerprint density at radius 1 is 0.444 bits per heavy atom. The molecule has 318 valence electrons. The van der Waals surface area contributed by atoms with E-state index in [1.54, 1.807) is 6.08 Å². The Morgan fingerprint density at radius 2 is 0.796 bits per heavy atom. The Bertz CT molecular complexity index is 821. The van der Waals surface area contributed by atoms with Crippen LogP contribution in [0.2, 0.25) is 0 Å². The van der Waals surface area contributed by atoms with Crippen LogP contribution in [0.5, 0.6) is 0 Å². The molecule has 1 amide bonds. The summed E-state index contributed by atoms with van der Waals surface area (Å²) in [7, 11) is 0. The maximum atomic E-state index is 12.2. The molecule has 0 bridgehead atoms. The van der Waals surface area contributed by atoms with Crippen LogP contribution in [0.3, 0.4) is 0 Å². The second kappa shape index (κ2) is 46.0. The molecule has 4 heteroatoms. The van der Waals surface area contributed by atoms with Crippen molar-refractivity contribution < 1.29 is 15.0 Å². The summed E-state index contributed by atoms with van der Waals surface area (Å²) in [6.45, 7) is 4.11. The van der Waals surface area contributed by atoms with E-state index in [4.69, 9.17) is 0 Å². The Balaban J connectivity index is 3.26. The zero-order valence-corrected chi connectivity index (χ0v) is 36.5. The molecule has 0 aromatic carbocycles. The minimum atomic E-state index is -0.832. The molecular weight excluding hydrogens is 663 g/mol. The first-order chi connectivity index (χ1) is 26.7. The van der Waals surface area contributed by atoms with Gasteiger partial charge < -0.3 is 15.5 Å². The molecular formula is C50H95NO3. The van der Waals surface area contributed by atoms with Crippen molar-refractivity contribution in [3.63, 3.8) is 0 Å². The molecule has 4 nitrogen and oxygen atoms in total. The number of aliphatic hydroxyl groups is 2. The van der Waals surface area contributed by atoms with Gasteiger partial charge in [0, 0.05) is 6.42 Å². The minimum Gasteiger partial charge on any atom is -0.394 e. The molecule has 0 heterocycles. The van der Waals surface area contributed by atoms with Gasteiger partial charge >= 0.3 is 0 Å². The van der Waals surface area contributed by atoms with Gasteiger partial charge in [-0.25, -0.2) is 0 Å². The van der Waals surface area contributed by atoms with Crippen LogP contribution in [0.4, 0.5) is 0 Å². The Hall–Kier alpha value is -1.39. The van der Waals surface area contributed by atoms with Crippen molar-refractivity contribution in [2.75, 3.05) is 6.61 Å². The number of amides is 1. The lowest BCUT2D eigenvalue weighted by Gasteiger charge is -2.19. The molecule has 0 fully saturated rings. The van der Waals surface area contributed by atoms with Gasteiger partial charge in [0.1, 0.15) is 0 Å². The first-order valence-corrected chi connectivity index (χ1v) is 24.2. The van der Waals surface area contributed by atoms with Crippen molar-refractivity contribution in [2.24, 2.45) is 0 Å². The molecule has 0 aliphatic heterocycles. The van der Waals surface area contributed by atoms with Gasteiger partial charge in [-0.1, -0.05) is 243 Å². The number of aliphatic hydroxyl groups excluding tert-OH is 2. The molecule has 2 unspecified atom stereocenters. The average Bonchev–Trinajstić information content (AvgIpc) is 3.17. The summed E-state index contributed by atoms with van der Waals surface area (Å²) in [5, 5.41) is 22.4. The van der Waals surface area contributed by atoms with Crippen molar-refractivity contribution in [1.82, 2.24) is 5.32 Å². The number of hydrogen-bond acceptors (Lipinski definition) is 3. The van der Waals surface area contributed by atoms with Crippen LogP contribution >= 0.6 is 0 Å². The van der Waals surface area contributed by atoms with Crippen molar-refractivity contribution in [1.29, 1.82) is 0 Å². The zero-order valence-electron chi connectivity index (χ0n) is 36.5. The van der Waals surface area contributed by atoms with Gasteiger partial charge in [0.05, 0.1) is 18.8 Å². The summed E-state index contributed by atoms with van der Waals surface area (Å²) >= 11 is 0. The number of hydrogen-bond donors (Lipinski definition) is 3. The molecule has 0 saturated heterocycles. The van der Waals surface area contributed by atoms with Crippen LogP contribution in [0.1, 0.15) is 258 Å². The Labute approximate surface area is 338 Å². The first kappa shape index (κ1) is 52.6. The highest BCUT2D eigenvalue weighted by Crippen LogP contribution is 2.17. The summed E-state index contributed by atoms with van der Waals surface area (Å²) in [5.41, 5.74) is 0. The third-order valence-corrected chi connectivity index (χ3v) is 11.1. The third kappa shape index (κ3) is 41.8. The topological polar surface area (TPSA) is 69.6 Å². The second-order valence-electron chi connectivity index (χ2n) is 16.5. The highest BCUT2D eigenvalue weighted by atomic mass is 16.3. The second-order valence-corrected chi connectivity index (χ2v) is 16.5. The molecule has 2 atom stereocenters. The number of rotatable bonds is 44. The number of carbonyl (C=O) groups excluding carboxylic acids is 1. The highest BCUT2D eigenvalue weighted by Gasteiger charge is 2.17. The lowest BCUT2D eigenvalue weighted by Crippen LogP contribution is -2.45. The number of carbonyl (C=O) groups is 1. The normalized spacial score (nSPS) is 13.2. The van der Waals surface area contributed by atoms with Crippen LogP contribution in [0.25, 0.3) is 0 Å². The van der Waals surface area contributed by atoms with Crippen molar-refractivity contribution in [3.8, 4) is 0 Å². The van der Waals surface area contributed by atoms with Crippen LogP contribution in [0, 0.1) is 0 Å². The van der Waals surface area contributed by atoms with Gasteiger partial charge in [-0.3, -0.25) is 4.79 Å². The number of nitrogens with one attached hydrogen (secondary N) is 1. The SMILES string of the molecule is CCC/C=C/C(O)C(CO)NC(=O)CCCCCCCCCCCCCCCCCCCCCCCCCCCCC/C=C\C/C=C\CCCCCCC. The molecule has 0 saturated carbocycles. The predicted octanol–water partition coefficient (Wildman–Crippen LogP) is 15.4. The monoisotopic (exact) mass is 758 g/mol. The summed E-state index contributed by atoms with van der Waals surface area (Å²) < 4.78 is 0. The number of allylic oxidation sites excluding steroid dienone is 5. The minimum absolute atomic E-state index is 0.0726. The fourth-order valence-electron chi connectivity index (χ4n) is 7.39. The Kier molecular flexibility index (Phi) is 44.8. The van der Waals surface area contributed by atoms with Gasteiger partial charge in [-0.15, -0.1) is 0 Å². The molecule has 54 heavy (non-hydrogen) atoms. The van der Waals surface area contributed by atoms with Crippen LogP contribution < -0.4 is 5.32 Å². The molecule has 0 spiro atoms. The van der Waals surface area contributed by atoms with Gasteiger partial charge in [0.2, 0.25) is 5.91 Å². The van der Waals surface area contributed by atoms with E-state index in [0.29, 0.717) is 6.42 Å². The highest BCUT2D eigenvalue weighted by molar-refractivity contribution is 5.76. The maximum Gasteiger partial charge on any atom is 0.220 e. The van der Waals surface area contributed by atoms with Gasteiger partial charge in [0.25, 0.3) is 0 Å². The quantitative estimate of drug-likeness (QED) is 0.0428. The first-order valence-electron chi connectivity index (χ1n) is 24.2. The molecule has 0 aliphatic carbocycles. The van der Waals surface area contributed by atoms with Crippen LogP contribution in [0.15, 0.2) is 36.5 Å². The Morgan fingerprint density at radius 3 is 1.15 bits per heavy atom. The summed E-state index contributed by atoms with van der Waals surface area (Å²) in [6.07, 6.45) is 62.3. The number of unbranched alkanes of at least 4 members (excludes halogenated alkanes) is 33. The fourth-order valence-corrected chi connectivity index (χ4v) is 7.39. The standard InChI is InChI=1S/C50H95NO3/c1-3-5-7-8-9-10-11-12-13-14-15-16-17-18-19-20-21-22-23-24-25-26-27-28-29-30-31-32-33-34-35-36-37-38-39-40-41-42-44-46-50(54)51-48(47-52)49(53)45-43-6-4-2/h11-12,14-15,43,45,48-49,52-53H,3-10,13,16-42,44,46-47H2,1-2H3,(H,51,54)/b12-11-,15-14-,45-43+. The maximum absolute atomic E-state index is 12.2. The van der Waals surface area contributed by atoms with Crippen LogP contribution in [-0.2, 0) is 4.79 Å². The van der Waals surface area contributed by atoms with E-state index in [-0.39, 0.29) is 12.5 Å².